The number of nitrogens with zero attached hydrogens (tertiary/aromatic N) is 2. The summed E-state index contributed by atoms with van der Waals surface area (Å²) in [7, 11) is 6.35. The van der Waals surface area contributed by atoms with Gasteiger partial charge in [0.25, 0.3) is 0 Å². The maximum Gasteiger partial charge on any atom is 0.138 e. The van der Waals surface area contributed by atoms with E-state index in [1.807, 2.05) is 0 Å². The van der Waals surface area contributed by atoms with Crippen LogP contribution >= 0.6 is 0 Å². The molecule has 4 heteroatoms. The Morgan fingerprint density at radius 2 is 2.17 bits per heavy atom. The van der Waals surface area contributed by atoms with Crippen molar-refractivity contribution in [2.45, 2.75) is 6.04 Å². The van der Waals surface area contributed by atoms with Crippen LogP contribution in [0.1, 0.15) is 0 Å². The molecule has 1 unspecified atom stereocenters. The first kappa shape index (κ1) is 9.64. The highest BCUT2D eigenvalue weighted by Crippen LogP contribution is 2.04. The van der Waals surface area contributed by atoms with E-state index in [9.17, 15) is 4.79 Å². The van der Waals surface area contributed by atoms with Crippen LogP contribution in [0.5, 0.6) is 0 Å². The summed E-state index contributed by atoms with van der Waals surface area (Å²) in [6, 6.07) is 0.0103. The molecule has 0 aliphatic carbocycles. The van der Waals surface area contributed by atoms with Gasteiger partial charge in [0, 0.05) is 6.54 Å². The van der Waals surface area contributed by atoms with Gasteiger partial charge in [-0.3, -0.25) is 4.59 Å². The molecule has 0 bridgehead atoms. The Morgan fingerprint density at radius 1 is 1.50 bits per heavy atom. The predicted molar refractivity (Wildman–Crippen MR) is 47.5 cm³/mol. The minimum Gasteiger partial charge on any atom is -0.305 e. The molecule has 4 nitrogen and oxygen atoms in total. The standard InChI is InChI=1S/C8H18N3O/c1-11(2,3)10-5-4-9-8(6-10)7-12/h7-9H,4-6H2,1-3H3/q+1. The molecule has 0 aromatic heterocycles. The summed E-state index contributed by atoms with van der Waals surface area (Å²) < 4.78 is 0.798. The van der Waals surface area contributed by atoms with Crippen molar-refractivity contribution < 1.29 is 9.39 Å². The molecule has 0 radical (unpaired) electrons. The van der Waals surface area contributed by atoms with E-state index in [0.717, 1.165) is 30.5 Å². The SMILES string of the molecule is C[N+](C)(C)N1CCNC(C=O)C1. The first-order valence-corrected chi connectivity index (χ1v) is 4.29. The Morgan fingerprint density at radius 3 is 2.67 bits per heavy atom. The van der Waals surface area contributed by atoms with Crippen LogP contribution < -0.4 is 5.32 Å². The van der Waals surface area contributed by atoms with Crippen molar-refractivity contribution in [1.82, 2.24) is 10.3 Å². The Labute approximate surface area is 73.7 Å². The molecule has 1 fully saturated rings. The van der Waals surface area contributed by atoms with Gasteiger partial charge < -0.3 is 10.1 Å². The van der Waals surface area contributed by atoms with E-state index in [2.05, 4.69) is 31.5 Å². The smallest absolute Gasteiger partial charge is 0.138 e. The van der Waals surface area contributed by atoms with Crippen molar-refractivity contribution >= 4 is 6.29 Å². The second-order valence-electron chi connectivity index (χ2n) is 4.05. The van der Waals surface area contributed by atoms with E-state index in [1.54, 1.807) is 0 Å². The van der Waals surface area contributed by atoms with Crippen molar-refractivity contribution in [3.63, 3.8) is 0 Å². The minimum atomic E-state index is 0.0103. The number of hydrogen-bond donors (Lipinski definition) is 1. The largest absolute Gasteiger partial charge is 0.305 e. The van der Waals surface area contributed by atoms with Crippen molar-refractivity contribution in [1.29, 1.82) is 0 Å². The molecular formula is C8H18N3O+. The minimum absolute atomic E-state index is 0.0103. The van der Waals surface area contributed by atoms with Gasteiger partial charge in [-0.25, -0.2) is 0 Å². The van der Waals surface area contributed by atoms with E-state index in [1.165, 1.54) is 0 Å². The number of aldehydes is 1. The van der Waals surface area contributed by atoms with E-state index in [4.69, 9.17) is 0 Å². The quantitative estimate of drug-likeness (QED) is 0.432. The second kappa shape index (κ2) is 3.51. The van der Waals surface area contributed by atoms with Crippen molar-refractivity contribution in [3.8, 4) is 0 Å². The molecule has 0 spiro atoms. The fourth-order valence-corrected chi connectivity index (χ4v) is 1.40. The summed E-state index contributed by atoms with van der Waals surface area (Å²) in [5.41, 5.74) is 0. The molecule has 1 rings (SSSR count). The van der Waals surface area contributed by atoms with Crippen LogP contribution in [0, 0.1) is 0 Å². The molecule has 1 atom stereocenters. The second-order valence-corrected chi connectivity index (χ2v) is 4.05. The van der Waals surface area contributed by atoms with Gasteiger partial charge in [0.2, 0.25) is 0 Å². The first-order valence-electron chi connectivity index (χ1n) is 4.29. The molecule has 1 aliphatic heterocycles. The van der Waals surface area contributed by atoms with Crippen LogP contribution in [0.25, 0.3) is 0 Å². The monoisotopic (exact) mass is 172 g/mol. The van der Waals surface area contributed by atoms with Gasteiger partial charge in [-0.15, -0.1) is 0 Å². The van der Waals surface area contributed by atoms with Gasteiger partial charge in [-0.05, 0) is 0 Å². The summed E-state index contributed by atoms with van der Waals surface area (Å²) in [6.45, 7) is 2.72. The van der Waals surface area contributed by atoms with Gasteiger partial charge in [-0.1, -0.05) is 0 Å². The molecule has 0 saturated carbocycles. The highest BCUT2D eigenvalue weighted by Gasteiger charge is 2.27. The van der Waals surface area contributed by atoms with E-state index >= 15 is 0 Å². The van der Waals surface area contributed by atoms with E-state index < -0.39 is 0 Å². The van der Waals surface area contributed by atoms with Gasteiger partial charge in [0.05, 0.1) is 40.3 Å². The van der Waals surface area contributed by atoms with Gasteiger partial charge >= 0.3 is 0 Å². The van der Waals surface area contributed by atoms with Crippen LogP contribution in [0.4, 0.5) is 0 Å². The van der Waals surface area contributed by atoms with Crippen LogP contribution in [-0.4, -0.2) is 62.7 Å². The molecule has 70 valence electrons. The third-order valence-electron chi connectivity index (χ3n) is 2.20. The summed E-state index contributed by atoms with van der Waals surface area (Å²) >= 11 is 0. The van der Waals surface area contributed by atoms with Crippen LogP contribution in [0.15, 0.2) is 0 Å². The highest BCUT2D eigenvalue weighted by molar-refractivity contribution is 5.58. The topological polar surface area (TPSA) is 32.3 Å². The van der Waals surface area contributed by atoms with Crippen molar-refractivity contribution in [2.75, 3.05) is 40.8 Å². The first-order chi connectivity index (χ1) is 5.54. The summed E-state index contributed by atoms with van der Waals surface area (Å²) in [5, 5.41) is 5.42. The zero-order valence-corrected chi connectivity index (χ0v) is 8.08. The predicted octanol–water partition coefficient (Wildman–Crippen LogP) is -0.920. The summed E-state index contributed by atoms with van der Waals surface area (Å²) in [5.74, 6) is 0. The lowest BCUT2D eigenvalue weighted by atomic mass is 10.2. The Kier molecular flexibility index (Phi) is 2.82. The lowest BCUT2D eigenvalue weighted by molar-refractivity contribution is -0.987. The highest BCUT2D eigenvalue weighted by atomic mass is 16.1. The van der Waals surface area contributed by atoms with Gasteiger partial charge in [0.15, 0.2) is 0 Å². The third kappa shape index (κ3) is 2.27. The number of hydrogen-bond acceptors (Lipinski definition) is 3. The fraction of sp³-hybridized carbons (Fsp3) is 0.875. The molecule has 0 aromatic rings. The molecule has 12 heavy (non-hydrogen) atoms. The molecule has 1 aliphatic rings. The normalized spacial score (nSPS) is 27.1. The lowest BCUT2D eigenvalue weighted by Gasteiger charge is -2.40. The Hall–Kier alpha value is -0.450. The molecule has 1 heterocycles. The van der Waals surface area contributed by atoms with Crippen LogP contribution in [0.3, 0.4) is 0 Å². The molecule has 1 N–H and O–H groups in total. The number of piperazine rings is 1. The Balaban J connectivity index is 2.51. The summed E-state index contributed by atoms with van der Waals surface area (Å²) in [4.78, 5) is 10.5. The fourth-order valence-electron chi connectivity index (χ4n) is 1.40. The van der Waals surface area contributed by atoms with Crippen LogP contribution in [-0.2, 0) is 4.79 Å². The summed E-state index contributed by atoms with van der Waals surface area (Å²) in [6.07, 6.45) is 0.988. The van der Waals surface area contributed by atoms with Gasteiger partial charge in [-0.2, -0.15) is 5.01 Å². The number of nitrogens with one attached hydrogen (secondary N) is 1. The van der Waals surface area contributed by atoms with E-state index in [-0.39, 0.29) is 6.04 Å². The maximum atomic E-state index is 10.5. The number of rotatable bonds is 2. The zero-order valence-electron chi connectivity index (χ0n) is 8.08. The Bertz CT molecular complexity index is 164. The van der Waals surface area contributed by atoms with Crippen LogP contribution in [0.2, 0.25) is 0 Å². The average molecular weight is 172 g/mol. The van der Waals surface area contributed by atoms with Crippen molar-refractivity contribution in [2.24, 2.45) is 0 Å². The zero-order chi connectivity index (χ0) is 9.19. The average Bonchev–Trinajstić information content (AvgIpc) is 2.03. The van der Waals surface area contributed by atoms with Gasteiger partial charge in [0.1, 0.15) is 6.29 Å². The molecule has 1 saturated heterocycles. The maximum absolute atomic E-state index is 10.5. The molecule has 0 aromatic carbocycles. The molecule has 0 amide bonds. The number of carbonyl (C=O) groups is 1. The number of quaternary nitrogens is 1. The van der Waals surface area contributed by atoms with E-state index in [0.29, 0.717) is 0 Å². The third-order valence-corrected chi connectivity index (χ3v) is 2.20. The lowest BCUT2D eigenvalue weighted by Crippen LogP contribution is -2.62. The number of carbonyl (C=O) groups excluding carboxylic acids is 1. The molecular weight excluding hydrogens is 154 g/mol. The van der Waals surface area contributed by atoms with Crippen molar-refractivity contribution in [3.05, 3.63) is 0 Å².